The average Bonchev–Trinajstić information content (AvgIpc) is 2.82. The molecule has 5 nitrogen and oxygen atoms in total. The SMILES string of the molecule is CCO[Si](CN1CN=C2C=C(C)C=CC21)(OCC)OCC. The fourth-order valence-corrected chi connectivity index (χ4v) is 5.37. The monoisotopic (exact) mass is 310 g/mol. The molecule has 0 aromatic rings. The van der Waals surface area contributed by atoms with Gasteiger partial charge < -0.3 is 13.3 Å². The summed E-state index contributed by atoms with van der Waals surface area (Å²) < 4.78 is 17.8. The molecular weight excluding hydrogens is 284 g/mol. The Hall–Kier alpha value is -0.793. The van der Waals surface area contributed by atoms with Crippen molar-refractivity contribution in [1.29, 1.82) is 0 Å². The number of aliphatic imine (C=N–C) groups is 1. The van der Waals surface area contributed by atoms with E-state index >= 15 is 0 Å². The molecule has 1 aliphatic carbocycles. The van der Waals surface area contributed by atoms with Crippen LogP contribution in [0, 0.1) is 0 Å². The lowest BCUT2D eigenvalue weighted by Crippen LogP contribution is -2.57. The van der Waals surface area contributed by atoms with Crippen LogP contribution in [0.3, 0.4) is 0 Å². The molecule has 118 valence electrons. The average molecular weight is 310 g/mol. The van der Waals surface area contributed by atoms with E-state index < -0.39 is 8.80 Å². The first-order valence-electron chi connectivity index (χ1n) is 7.71. The summed E-state index contributed by atoms with van der Waals surface area (Å²) in [6, 6.07) is 0.224. The maximum absolute atomic E-state index is 5.94. The fraction of sp³-hybridized carbons (Fsp3) is 0.667. The van der Waals surface area contributed by atoms with Crippen LogP contribution in [0.1, 0.15) is 27.7 Å². The van der Waals surface area contributed by atoms with Crippen LogP contribution in [-0.2, 0) is 13.3 Å². The summed E-state index contributed by atoms with van der Waals surface area (Å²) in [5.74, 6) is 0. The Labute approximate surface area is 128 Å². The Morgan fingerprint density at radius 3 is 2.38 bits per heavy atom. The van der Waals surface area contributed by atoms with Gasteiger partial charge in [0.1, 0.15) is 0 Å². The van der Waals surface area contributed by atoms with Gasteiger partial charge in [-0.15, -0.1) is 0 Å². The smallest absolute Gasteiger partial charge is 0.373 e. The molecule has 0 fully saturated rings. The second-order valence-corrected chi connectivity index (χ2v) is 7.69. The van der Waals surface area contributed by atoms with Gasteiger partial charge >= 0.3 is 8.80 Å². The Morgan fingerprint density at radius 2 is 1.81 bits per heavy atom. The molecular formula is C15H26N2O3Si. The van der Waals surface area contributed by atoms with Crippen LogP contribution in [0.4, 0.5) is 0 Å². The molecule has 0 radical (unpaired) electrons. The number of hydrogen-bond donors (Lipinski definition) is 0. The summed E-state index contributed by atoms with van der Waals surface area (Å²) >= 11 is 0. The quantitative estimate of drug-likeness (QED) is 0.645. The Kier molecular flexibility index (Phi) is 5.89. The molecule has 21 heavy (non-hydrogen) atoms. The number of rotatable bonds is 8. The van der Waals surface area contributed by atoms with Crippen LogP contribution in [0.5, 0.6) is 0 Å². The molecule has 0 bridgehead atoms. The maximum Gasteiger partial charge on any atom is 0.515 e. The summed E-state index contributed by atoms with van der Waals surface area (Å²) in [5.41, 5.74) is 2.37. The van der Waals surface area contributed by atoms with Gasteiger partial charge in [-0.25, -0.2) is 0 Å². The van der Waals surface area contributed by atoms with Crippen LogP contribution < -0.4 is 0 Å². The van der Waals surface area contributed by atoms with E-state index in [-0.39, 0.29) is 6.04 Å². The molecule has 0 aromatic carbocycles. The van der Waals surface area contributed by atoms with E-state index in [2.05, 4.69) is 35.0 Å². The van der Waals surface area contributed by atoms with E-state index in [0.29, 0.717) is 32.7 Å². The topological polar surface area (TPSA) is 43.3 Å². The van der Waals surface area contributed by atoms with Gasteiger partial charge in [-0.1, -0.05) is 12.2 Å². The van der Waals surface area contributed by atoms with Gasteiger partial charge in [0.2, 0.25) is 0 Å². The van der Waals surface area contributed by atoms with E-state index in [1.165, 1.54) is 5.57 Å². The van der Waals surface area contributed by atoms with E-state index in [9.17, 15) is 0 Å². The van der Waals surface area contributed by atoms with Gasteiger partial charge in [-0.2, -0.15) is 0 Å². The predicted molar refractivity (Wildman–Crippen MR) is 86.3 cm³/mol. The molecule has 1 aliphatic heterocycles. The Balaban J connectivity index is 2.09. The first-order valence-corrected chi connectivity index (χ1v) is 9.64. The van der Waals surface area contributed by atoms with E-state index in [1.54, 1.807) is 0 Å². The highest BCUT2D eigenvalue weighted by Gasteiger charge is 2.45. The zero-order valence-corrected chi connectivity index (χ0v) is 14.5. The molecule has 1 atom stereocenters. The van der Waals surface area contributed by atoms with E-state index in [1.807, 2.05) is 20.8 Å². The lowest BCUT2D eigenvalue weighted by atomic mass is 10.0. The molecule has 6 heteroatoms. The van der Waals surface area contributed by atoms with Crippen molar-refractivity contribution in [2.45, 2.75) is 33.7 Å². The minimum absolute atomic E-state index is 0.224. The first kappa shape index (κ1) is 16.6. The zero-order valence-electron chi connectivity index (χ0n) is 13.5. The fourth-order valence-electron chi connectivity index (χ4n) is 2.74. The summed E-state index contributed by atoms with van der Waals surface area (Å²) in [7, 11) is -2.66. The summed E-state index contributed by atoms with van der Waals surface area (Å²) in [6.45, 7) is 10.5. The van der Waals surface area contributed by atoms with Crippen molar-refractivity contribution in [3.8, 4) is 0 Å². The van der Waals surface area contributed by atoms with Crippen molar-refractivity contribution in [2.24, 2.45) is 4.99 Å². The minimum Gasteiger partial charge on any atom is -0.373 e. The van der Waals surface area contributed by atoms with Crippen molar-refractivity contribution in [2.75, 3.05) is 32.7 Å². The molecule has 0 aromatic heterocycles. The second kappa shape index (κ2) is 7.46. The van der Waals surface area contributed by atoms with Crippen molar-refractivity contribution < 1.29 is 13.3 Å². The highest BCUT2D eigenvalue weighted by molar-refractivity contribution is 6.61. The van der Waals surface area contributed by atoms with Crippen LogP contribution >= 0.6 is 0 Å². The molecule has 0 amide bonds. The number of hydrogen-bond acceptors (Lipinski definition) is 5. The number of nitrogens with zero attached hydrogens (tertiary/aromatic N) is 2. The highest BCUT2D eigenvalue weighted by atomic mass is 28.4. The minimum atomic E-state index is -2.66. The molecule has 0 saturated carbocycles. The van der Waals surface area contributed by atoms with E-state index in [0.717, 1.165) is 5.71 Å². The zero-order chi connectivity index (χ0) is 15.3. The molecule has 0 spiro atoms. The third-order valence-corrected chi connectivity index (χ3v) is 6.52. The summed E-state index contributed by atoms with van der Waals surface area (Å²) in [6.07, 6.45) is 7.17. The standard InChI is InChI=1S/C15H26N2O3Si/c1-5-18-21(19-6-2,20-7-3)12-17-11-16-14-10-13(4)8-9-15(14)17/h8-10,15H,5-7,11-12H2,1-4H3. The summed E-state index contributed by atoms with van der Waals surface area (Å²) in [5, 5.41) is 0. The normalized spacial score (nSPS) is 22.2. The van der Waals surface area contributed by atoms with Gasteiger partial charge in [0.05, 0.1) is 24.6 Å². The van der Waals surface area contributed by atoms with Gasteiger partial charge in [0.25, 0.3) is 0 Å². The van der Waals surface area contributed by atoms with Crippen molar-refractivity contribution in [1.82, 2.24) is 4.90 Å². The third kappa shape index (κ3) is 3.90. The Morgan fingerprint density at radius 1 is 1.19 bits per heavy atom. The lowest BCUT2D eigenvalue weighted by Gasteiger charge is -2.33. The second-order valence-electron chi connectivity index (χ2n) is 5.15. The van der Waals surface area contributed by atoms with Crippen molar-refractivity contribution >= 4 is 14.5 Å². The number of allylic oxidation sites excluding steroid dienone is 2. The largest absolute Gasteiger partial charge is 0.515 e. The molecule has 2 aliphatic rings. The van der Waals surface area contributed by atoms with Gasteiger partial charge in [-0.3, -0.25) is 9.89 Å². The maximum atomic E-state index is 5.94. The van der Waals surface area contributed by atoms with Crippen LogP contribution in [0.2, 0.25) is 0 Å². The molecule has 2 rings (SSSR count). The molecule has 1 unspecified atom stereocenters. The van der Waals surface area contributed by atoms with Crippen molar-refractivity contribution in [3.05, 3.63) is 23.8 Å². The van der Waals surface area contributed by atoms with Crippen LogP contribution in [0.25, 0.3) is 0 Å². The third-order valence-electron chi connectivity index (χ3n) is 3.54. The number of fused-ring (bicyclic) bond motifs is 1. The molecule has 1 heterocycles. The summed E-state index contributed by atoms with van der Waals surface area (Å²) in [4.78, 5) is 6.90. The predicted octanol–water partition coefficient (Wildman–Crippen LogP) is 2.17. The van der Waals surface area contributed by atoms with Gasteiger partial charge in [0.15, 0.2) is 0 Å². The van der Waals surface area contributed by atoms with Gasteiger partial charge in [-0.05, 0) is 39.3 Å². The van der Waals surface area contributed by atoms with Gasteiger partial charge in [0, 0.05) is 19.8 Å². The Bertz CT molecular complexity index is 431. The first-order chi connectivity index (χ1) is 10.1. The van der Waals surface area contributed by atoms with E-state index in [4.69, 9.17) is 13.3 Å². The lowest BCUT2D eigenvalue weighted by molar-refractivity contribution is 0.0575. The van der Waals surface area contributed by atoms with Crippen LogP contribution in [0.15, 0.2) is 28.8 Å². The van der Waals surface area contributed by atoms with Crippen LogP contribution in [-0.4, -0.2) is 58.1 Å². The highest BCUT2D eigenvalue weighted by Crippen LogP contribution is 2.22. The molecule has 0 N–H and O–H groups in total. The molecule has 0 saturated heterocycles. The van der Waals surface area contributed by atoms with Crippen molar-refractivity contribution in [3.63, 3.8) is 0 Å².